The van der Waals surface area contributed by atoms with Crippen LogP contribution in [0.15, 0.2) is 24.3 Å². The monoisotopic (exact) mass is 246 g/mol. The molecule has 0 spiro atoms. The highest BCUT2D eigenvalue weighted by Crippen LogP contribution is 2.29. The fourth-order valence-corrected chi connectivity index (χ4v) is 2.28. The van der Waals surface area contributed by atoms with Gasteiger partial charge in [-0.25, -0.2) is 0 Å². The van der Waals surface area contributed by atoms with Crippen LogP contribution in [0.3, 0.4) is 0 Å². The van der Waals surface area contributed by atoms with Crippen molar-refractivity contribution in [1.29, 1.82) is 0 Å². The van der Waals surface area contributed by atoms with E-state index in [-0.39, 0.29) is 0 Å². The van der Waals surface area contributed by atoms with E-state index in [0.717, 1.165) is 25.6 Å². The maximum absolute atomic E-state index is 3.52. The fourth-order valence-electron chi connectivity index (χ4n) is 2.28. The van der Waals surface area contributed by atoms with Gasteiger partial charge in [-0.2, -0.15) is 0 Å². The quantitative estimate of drug-likeness (QED) is 0.741. The number of anilines is 2. The summed E-state index contributed by atoms with van der Waals surface area (Å²) in [4.78, 5) is 2.48. The van der Waals surface area contributed by atoms with E-state index >= 15 is 0 Å². The molecule has 2 heteroatoms. The highest BCUT2D eigenvalue weighted by Gasteiger charge is 2.20. The summed E-state index contributed by atoms with van der Waals surface area (Å²) in [7, 11) is 0. The second-order valence-corrected chi connectivity index (χ2v) is 5.36. The summed E-state index contributed by atoms with van der Waals surface area (Å²) in [5.74, 6) is 0.932. The van der Waals surface area contributed by atoms with E-state index in [4.69, 9.17) is 0 Å². The number of rotatable bonds is 8. The van der Waals surface area contributed by atoms with E-state index in [2.05, 4.69) is 48.3 Å². The molecule has 1 aliphatic rings. The first-order valence-corrected chi connectivity index (χ1v) is 7.42. The van der Waals surface area contributed by atoms with Gasteiger partial charge < -0.3 is 10.2 Å². The molecule has 0 unspecified atom stereocenters. The predicted molar refractivity (Wildman–Crippen MR) is 80.5 cm³/mol. The normalized spacial score (nSPS) is 14.6. The summed E-state index contributed by atoms with van der Waals surface area (Å²) >= 11 is 0. The van der Waals surface area contributed by atoms with Gasteiger partial charge in [-0.05, 0) is 55.9 Å². The van der Waals surface area contributed by atoms with Crippen LogP contribution in [-0.2, 0) is 0 Å². The Morgan fingerprint density at radius 3 is 2.17 bits per heavy atom. The van der Waals surface area contributed by atoms with Gasteiger partial charge in [0, 0.05) is 31.0 Å². The second kappa shape index (κ2) is 6.67. The molecule has 0 aliphatic heterocycles. The van der Waals surface area contributed by atoms with Crippen LogP contribution in [0, 0.1) is 5.92 Å². The highest BCUT2D eigenvalue weighted by atomic mass is 15.1. The van der Waals surface area contributed by atoms with Gasteiger partial charge in [-0.15, -0.1) is 0 Å². The molecule has 18 heavy (non-hydrogen) atoms. The Kier molecular flexibility index (Phi) is 4.91. The summed E-state index contributed by atoms with van der Waals surface area (Å²) in [5.41, 5.74) is 2.62. The Morgan fingerprint density at radius 1 is 1.06 bits per heavy atom. The average Bonchev–Trinajstić information content (AvgIpc) is 3.21. The lowest BCUT2D eigenvalue weighted by Crippen LogP contribution is -2.24. The van der Waals surface area contributed by atoms with Gasteiger partial charge in [-0.3, -0.25) is 0 Å². The molecule has 0 atom stereocenters. The van der Waals surface area contributed by atoms with Crippen molar-refractivity contribution in [3.05, 3.63) is 24.3 Å². The Balaban J connectivity index is 1.90. The highest BCUT2D eigenvalue weighted by molar-refractivity contribution is 5.55. The smallest absolute Gasteiger partial charge is 0.0367 e. The number of hydrogen-bond donors (Lipinski definition) is 1. The zero-order valence-electron chi connectivity index (χ0n) is 11.8. The van der Waals surface area contributed by atoms with Crippen molar-refractivity contribution in [3.8, 4) is 0 Å². The van der Waals surface area contributed by atoms with E-state index in [9.17, 15) is 0 Å². The molecule has 1 fully saturated rings. The van der Waals surface area contributed by atoms with E-state index < -0.39 is 0 Å². The largest absolute Gasteiger partial charge is 0.385 e. The molecule has 0 bridgehead atoms. The molecule has 0 saturated heterocycles. The van der Waals surface area contributed by atoms with Gasteiger partial charge in [0.15, 0.2) is 0 Å². The molecule has 0 radical (unpaired) electrons. The minimum absolute atomic E-state index is 0.932. The molecule has 0 aromatic heterocycles. The van der Waals surface area contributed by atoms with Crippen LogP contribution in [0.4, 0.5) is 11.4 Å². The van der Waals surface area contributed by atoms with Crippen LogP contribution in [-0.4, -0.2) is 19.6 Å². The van der Waals surface area contributed by atoms with Crippen LogP contribution in [0.1, 0.15) is 39.5 Å². The summed E-state index contributed by atoms with van der Waals surface area (Å²) in [6.45, 7) is 7.95. The molecular weight excluding hydrogens is 220 g/mol. The SMILES string of the molecule is CCCN(CCC)c1ccc(NCC2CC2)cc1. The van der Waals surface area contributed by atoms with Crippen molar-refractivity contribution in [2.45, 2.75) is 39.5 Å². The maximum atomic E-state index is 3.52. The third kappa shape index (κ3) is 3.94. The van der Waals surface area contributed by atoms with E-state index in [0.29, 0.717) is 0 Å². The topological polar surface area (TPSA) is 15.3 Å². The van der Waals surface area contributed by atoms with Crippen molar-refractivity contribution in [2.75, 3.05) is 29.9 Å². The van der Waals surface area contributed by atoms with E-state index in [1.165, 1.54) is 37.1 Å². The molecule has 1 aromatic carbocycles. The van der Waals surface area contributed by atoms with Crippen LogP contribution < -0.4 is 10.2 Å². The van der Waals surface area contributed by atoms with Gasteiger partial charge in [-0.1, -0.05) is 13.8 Å². The van der Waals surface area contributed by atoms with Crippen LogP contribution in [0.5, 0.6) is 0 Å². The minimum Gasteiger partial charge on any atom is -0.385 e. The van der Waals surface area contributed by atoms with Gasteiger partial charge in [0.25, 0.3) is 0 Å². The Bertz CT molecular complexity index is 335. The number of hydrogen-bond acceptors (Lipinski definition) is 2. The first-order chi connectivity index (χ1) is 8.83. The summed E-state index contributed by atoms with van der Waals surface area (Å²) in [6.07, 6.45) is 5.24. The predicted octanol–water partition coefficient (Wildman–Crippen LogP) is 4.13. The average molecular weight is 246 g/mol. The van der Waals surface area contributed by atoms with Crippen LogP contribution in [0.2, 0.25) is 0 Å². The molecule has 1 saturated carbocycles. The molecule has 1 aromatic rings. The van der Waals surface area contributed by atoms with Gasteiger partial charge in [0.05, 0.1) is 0 Å². The lowest BCUT2D eigenvalue weighted by atomic mass is 10.2. The zero-order valence-corrected chi connectivity index (χ0v) is 11.8. The Hall–Kier alpha value is -1.18. The molecule has 2 nitrogen and oxygen atoms in total. The van der Waals surface area contributed by atoms with Crippen molar-refractivity contribution < 1.29 is 0 Å². The third-order valence-electron chi connectivity index (χ3n) is 3.51. The Labute approximate surface area is 111 Å². The maximum Gasteiger partial charge on any atom is 0.0367 e. The van der Waals surface area contributed by atoms with E-state index in [1.54, 1.807) is 0 Å². The zero-order chi connectivity index (χ0) is 12.8. The van der Waals surface area contributed by atoms with Gasteiger partial charge in [0.1, 0.15) is 0 Å². The van der Waals surface area contributed by atoms with Crippen molar-refractivity contribution in [3.63, 3.8) is 0 Å². The molecule has 0 heterocycles. The molecule has 100 valence electrons. The lowest BCUT2D eigenvalue weighted by Gasteiger charge is -2.24. The van der Waals surface area contributed by atoms with Gasteiger partial charge in [0.2, 0.25) is 0 Å². The summed E-state index contributed by atoms with van der Waals surface area (Å²) in [6, 6.07) is 8.94. The van der Waals surface area contributed by atoms with Crippen molar-refractivity contribution in [1.82, 2.24) is 0 Å². The van der Waals surface area contributed by atoms with E-state index in [1.807, 2.05) is 0 Å². The first-order valence-electron chi connectivity index (χ1n) is 7.42. The Morgan fingerprint density at radius 2 is 1.67 bits per heavy atom. The molecular formula is C16H26N2. The van der Waals surface area contributed by atoms with Crippen molar-refractivity contribution in [2.24, 2.45) is 5.92 Å². The number of nitrogens with zero attached hydrogens (tertiary/aromatic N) is 1. The van der Waals surface area contributed by atoms with Crippen molar-refractivity contribution >= 4 is 11.4 Å². The lowest BCUT2D eigenvalue weighted by molar-refractivity contribution is 0.745. The molecule has 1 aliphatic carbocycles. The fraction of sp³-hybridized carbons (Fsp3) is 0.625. The number of benzene rings is 1. The number of nitrogens with one attached hydrogen (secondary N) is 1. The van der Waals surface area contributed by atoms with Gasteiger partial charge >= 0.3 is 0 Å². The van der Waals surface area contributed by atoms with Crippen LogP contribution in [0.25, 0.3) is 0 Å². The summed E-state index contributed by atoms with van der Waals surface area (Å²) in [5, 5.41) is 3.52. The third-order valence-corrected chi connectivity index (χ3v) is 3.51. The first kappa shape index (κ1) is 13.3. The standard InChI is InChI=1S/C16H26N2/c1-3-11-18(12-4-2)16-9-7-15(8-10-16)17-13-14-5-6-14/h7-10,14,17H,3-6,11-13H2,1-2H3. The van der Waals surface area contributed by atoms with Crippen LogP contribution >= 0.6 is 0 Å². The molecule has 1 N–H and O–H groups in total. The second-order valence-electron chi connectivity index (χ2n) is 5.36. The molecule has 2 rings (SSSR count). The summed E-state index contributed by atoms with van der Waals surface area (Å²) < 4.78 is 0. The molecule has 0 amide bonds. The minimum atomic E-state index is 0.932.